The average molecular weight is 375 g/mol. The number of morpholine rings is 1. The lowest BCUT2D eigenvalue weighted by Gasteiger charge is -2.35. The van der Waals surface area contributed by atoms with Crippen LogP contribution in [0.4, 0.5) is 0 Å². The van der Waals surface area contributed by atoms with Crippen molar-refractivity contribution in [2.45, 2.75) is 38.1 Å². The van der Waals surface area contributed by atoms with Gasteiger partial charge in [0.05, 0.1) is 18.2 Å². The summed E-state index contributed by atoms with van der Waals surface area (Å²) >= 11 is 6.12. The summed E-state index contributed by atoms with van der Waals surface area (Å²) in [7, 11) is -3.62. The maximum absolute atomic E-state index is 12.6. The summed E-state index contributed by atoms with van der Waals surface area (Å²) < 4.78 is 33.3. The van der Waals surface area contributed by atoms with E-state index in [-0.39, 0.29) is 16.0 Å². The van der Waals surface area contributed by atoms with Gasteiger partial charge in [-0.05, 0) is 37.0 Å². The second kappa shape index (κ2) is 8.63. The average Bonchev–Trinajstić information content (AvgIpc) is 2.51. The number of hydrogen-bond acceptors (Lipinski definition) is 4. The predicted octanol–water partition coefficient (Wildman–Crippen LogP) is 2.67. The summed E-state index contributed by atoms with van der Waals surface area (Å²) in [6.45, 7) is 9.64. The number of nitrogens with one attached hydrogen (secondary N) is 1. The Kier molecular flexibility index (Phi) is 7.07. The number of hydrogen-bond donors (Lipinski definition) is 1. The van der Waals surface area contributed by atoms with Crippen LogP contribution in [-0.4, -0.2) is 52.2 Å². The van der Waals surface area contributed by atoms with Gasteiger partial charge in [0.15, 0.2) is 0 Å². The van der Waals surface area contributed by atoms with Gasteiger partial charge in [0.1, 0.15) is 4.90 Å². The predicted molar refractivity (Wildman–Crippen MR) is 97.0 cm³/mol. The van der Waals surface area contributed by atoms with Crippen molar-refractivity contribution in [1.82, 2.24) is 9.62 Å². The van der Waals surface area contributed by atoms with Crippen LogP contribution in [0.3, 0.4) is 0 Å². The third-order valence-electron chi connectivity index (χ3n) is 4.19. The van der Waals surface area contributed by atoms with E-state index in [0.717, 1.165) is 25.1 Å². The fraction of sp³-hybridized carbons (Fsp3) is 0.647. The molecular formula is C17H27ClN2O3S. The highest BCUT2D eigenvalue weighted by Crippen LogP contribution is 2.22. The molecule has 5 nitrogen and oxygen atoms in total. The molecule has 1 aromatic rings. The van der Waals surface area contributed by atoms with Crippen molar-refractivity contribution in [3.63, 3.8) is 0 Å². The summed E-state index contributed by atoms with van der Waals surface area (Å²) in [6.07, 6.45) is 0.935. The van der Waals surface area contributed by atoms with Crippen molar-refractivity contribution in [2.75, 3.05) is 32.8 Å². The Balaban J connectivity index is 2.08. The largest absolute Gasteiger partial charge is 0.379 e. The highest BCUT2D eigenvalue weighted by Gasteiger charge is 2.25. The third-order valence-corrected chi connectivity index (χ3v) is 6.10. The zero-order chi connectivity index (χ0) is 17.7. The normalized spacial score (nSPS) is 18.0. The molecular weight excluding hydrogens is 348 g/mol. The van der Waals surface area contributed by atoms with Gasteiger partial charge in [-0.1, -0.05) is 31.5 Å². The Morgan fingerprint density at radius 2 is 1.96 bits per heavy atom. The zero-order valence-corrected chi connectivity index (χ0v) is 16.2. The van der Waals surface area contributed by atoms with Gasteiger partial charge in [-0.25, -0.2) is 13.1 Å². The third kappa shape index (κ3) is 5.43. The van der Waals surface area contributed by atoms with Crippen LogP contribution < -0.4 is 4.72 Å². The minimum Gasteiger partial charge on any atom is -0.379 e. The molecule has 136 valence electrons. The van der Waals surface area contributed by atoms with E-state index >= 15 is 0 Å². The standard InChI is InChI=1S/C17H27ClN2O3S/c1-13(2)10-15(20-6-8-23-9-7-20)12-19-24(21,22)17-5-4-14(3)11-16(17)18/h4-5,11,13,15,19H,6-10,12H2,1-3H3. The van der Waals surface area contributed by atoms with Crippen LogP contribution in [0.5, 0.6) is 0 Å². The molecule has 0 aromatic heterocycles. The van der Waals surface area contributed by atoms with Gasteiger partial charge in [-0.3, -0.25) is 4.90 Å². The van der Waals surface area contributed by atoms with Crippen molar-refractivity contribution in [1.29, 1.82) is 0 Å². The first kappa shape index (κ1) is 19.7. The van der Waals surface area contributed by atoms with E-state index in [9.17, 15) is 8.42 Å². The second-order valence-corrected chi connectivity index (χ2v) is 8.86. The van der Waals surface area contributed by atoms with Gasteiger partial charge in [0.25, 0.3) is 0 Å². The minimum absolute atomic E-state index is 0.139. The molecule has 1 unspecified atom stereocenters. The molecule has 1 N–H and O–H groups in total. The highest BCUT2D eigenvalue weighted by molar-refractivity contribution is 7.89. The lowest BCUT2D eigenvalue weighted by atomic mass is 10.0. The van der Waals surface area contributed by atoms with Crippen LogP contribution >= 0.6 is 11.6 Å². The first-order valence-electron chi connectivity index (χ1n) is 8.37. The highest BCUT2D eigenvalue weighted by atomic mass is 35.5. The molecule has 24 heavy (non-hydrogen) atoms. The molecule has 0 bridgehead atoms. The van der Waals surface area contributed by atoms with Crippen molar-refractivity contribution >= 4 is 21.6 Å². The van der Waals surface area contributed by atoms with Crippen LogP contribution in [0, 0.1) is 12.8 Å². The minimum atomic E-state index is -3.62. The van der Waals surface area contributed by atoms with Crippen LogP contribution in [0.1, 0.15) is 25.8 Å². The summed E-state index contributed by atoms with van der Waals surface area (Å²) in [6, 6.07) is 5.15. The van der Waals surface area contributed by atoms with E-state index in [2.05, 4.69) is 23.5 Å². The number of benzene rings is 1. The fourth-order valence-corrected chi connectivity index (χ4v) is 4.63. The second-order valence-electron chi connectivity index (χ2n) is 6.72. The molecule has 0 radical (unpaired) electrons. The zero-order valence-electron chi connectivity index (χ0n) is 14.6. The van der Waals surface area contributed by atoms with E-state index < -0.39 is 10.0 Å². The molecule has 7 heteroatoms. The quantitative estimate of drug-likeness (QED) is 0.797. The molecule has 1 heterocycles. The van der Waals surface area contributed by atoms with Gasteiger partial charge in [-0.15, -0.1) is 0 Å². The monoisotopic (exact) mass is 374 g/mol. The maximum Gasteiger partial charge on any atom is 0.242 e. The number of rotatable bonds is 7. The molecule has 1 fully saturated rings. The Bertz CT molecular complexity index is 643. The number of ether oxygens (including phenoxy) is 1. The van der Waals surface area contributed by atoms with Crippen LogP contribution in [0.25, 0.3) is 0 Å². The van der Waals surface area contributed by atoms with Crippen molar-refractivity contribution in [3.05, 3.63) is 28.8 Å². The SMILES string of the molecule is Cc1ccc(S(=O)(=O)NCC(CC(C)C)N2CCOCC2)c(Cl)c1. The first-order valence-corrected chi connectivity index (χ1v) is 10.2. The number of halogens is 1. The summed E-state index contributed by atoms with van der Waals surface area (Å²) in [5.74, 6) is 0.491. The van der Waals surface area contributed by atoms with Crippen LogP contribution in [0.2, 0.25) is 5.02 Å². The Morgan fingerprint density at radius 1 is 1.29 bits per heavy atom. The van der Waals surface area contributed by atoms with Crippen molar-refractivity contribution < 1.29 is 13.2 Å². The number of aryl methyl sites for hydroxylation is 1. The molecule has 0 saturated carbocycles. The van der Waals surface area contributed by atoms with E-state index in [1.54, 1.807) is 18.2 Å². The van der Waals surface area contributed by atoms with Crippen molar-refractivity contribution in [3.8, 4) is 0 Å². The molecule has 1 atom stereocenters. The van der Waals surface area contributed by atoms with Crippen LogP contribution in [0.15, 0.2) is 23.1 Å². The van der Waals surface area contributed by atoms with Gasteiger partial charge in [0.2, 0.25) is 10.0 Å². The van der Waals surface area contributed by atoms with Gasteiger partial charge >= 0.3 is 0 Å². The van der Waals surface area contributed by atoms with E-state index in [1.165, 1.54) is 0 Å². The van der Waals surface area contributed by atoms with E-state index in [1.807, 2.05) is 6.92 Å². The summed E-state index contributed by atoms with van der Waals surface area (Å²) in [4.78, 5) is 2.45. The van der Waals surface area contributed by atoms with E-state index in [4.69, 9.17) is 16.3 Å². The lowest BCUT2D eigenvalue weighted by Crippen LogP contribution is -2.49. The van der Waals surface area contributed by atoms with Gasteiger partial charge in [-0.2, -0.15) is 0 Å². The lowest BCUT2D eigenvalue weighted by molar-refractivity contribution is 0.0134. The topological polar surface area (TPSA) is 58.6 Å². The molecule has 1 saturated heterocycles. The Morgan fingerprint density at radius 3 is 2.54 bits per heavy atom. The molecule has 1 aliphatic heterocycles. The maximum atomic E-state index is 12.6. The molecule has 0 amide bonds. The van der Waals surface area contributed by atoms with Gasteiger partial charge < -0.3 is 4.74 Å². The molecule has 1 aliphatic rings. The fourth-order valence-electron chi connectivity index (χ4n) is 2.96. The molecule has 0 aliphatic carbocycles. The Labute approximate surface area is 150 Å². The van der Waals surface area contributed by atoms with Crippen LogP contribution in [-0.2, 0) is 14.8 Å². The van der Waals surface area contributed by atoms with E-state index in [0.29, 0.717) is 25.7 Å². The molecule has 0 spiro atoms. The van der Waals surface area contributed by atoms with Crippen molar-refractivity contribution in [2.24, 2.45) is 5.92 Å². The summed E-state index contributed by atoms with van der Waals surface area (Å²) in [5.41, 5.74) is 0.935. The molecule has 1 aromatic carbocycles. The van der Waals surface area contributed by atoms with Gasteiger partial charge in [0, 0.05) is 25.7 Å². The smallest absolute Gasteiger partial charge is 0.242 e. The number of nitrogens with zero attached hydrogens (tertiary/aromatic N) is 1. The number of sulfonamides is 1. The summed E-state index contributed by atoms with van der Waals surface area (Å²) in [5, 5.41) is 0.259. The molecule has 2 rings (SSSR count). The Hall–Kier alpha value is -0.660. The first-order chi connectivity index (χ1) is 11.3.